The van der Waals surface area contributed by atoms with Gasteiger partial charge in [0.05, 0.1) is 6.61 Å². The van der Waals surface area contributed by atoms with Crippen molar-refractivity contribution in [3.05, 3.63) is 40.3 Å². The Bertz CT molecular complexity index is 872. The lowest BCUT2D eigenvalue weighted by Gasteiger charge is -2.12. The van der Waals surface area contributed by atoms with Gasteiger partial charge in [-0.2, -0.15) is 0 Å². The van der Waals surface area contributed by atoms with Gasteiger partial charge in [-0.15, -0.1) is 11.3 Å². The van der Waals surface area contributed by atoms with Crippen molar-refractivity contribution in [2.75, 3.05) is 11.9 Å². The van der Waals surface area contributed by atoms with Crippen molar-refractivity contribution >= 4 is 45.5 Å². The molecule has 0 radical (unpaired) electrons. The van der Waals surface area contributed by atoms with Crippen LogP contribution in [0.15, 0.2) is 23.6 Å². The molecule has 0 aliphatic carbocycles. The average molecular weight is 405 g/mol. The normalized spacial score (nSPS) is 10.6. The van der Waals surface area contributed by atoms with Crippen molar-refractivity contribution in [1.82, 2.24) is 5.32 Å². The number of benzene rings is 1. The molecule has 1 amide bonds. The minimum atomic E-state index is -0.424. The van der Waals surface area contributed by atoms with Gasteiger partial charge in [-0.1, -0.05) is 32.0 Å². The highest BCUT2D eigenvalue weighted by Crippen LogP contribution is 2.36. The molecule has 27 heavy (non-hydrogen) atoms. The van der Waals surface area contributed by atoms with E-state index < -0.39 is 5.97 Å². The highest BCUT2D eigenvalue weighted by molar-refractivity contribution is 7.80. The third-order valence-electron chi connectivity index (χ3n) is 4.08. The number of ether oxygens (including phenoxy) is 1. The highest BCUT2D eigenvalue weighted by Gasteiger charge is 2.23. The molecule has 1 aromatic carbocycles. The van der Waals surface area contributed by atoms with Crippen LogP contribution in [0.25, 0.3) is 11.1 Å². The van der Waals surface area contributed by atoms with Crippen LogP contribution >= 0.6 is 23.6 Å². The first-order valence-electron chi connectivity index (χ1n) is 8.72. The molecular formula is C20H24N2O3S2. The molecule has 0 unspecified atom stereocenters. The SMILES string of the molecule is CCOC(=O)c1c(-c2ccc(C)c(C)c2)csc1NC(=S)NC(=O)C(C)C. The molecule has 0 bridgehead atoms. The van der Waals surface area contributed by atoms with Gasteiger partial charge in [0, 0.05) is 16.9 Å². The lowest BCUT2D eigenvalue weighted by Crippen LogP contribution is -2.36. The second-order valence-corrected chi connectivity index (χ2v) is 7.76. The van der Waals surface area contributed by atoms with Crippen molar-refractivity contribution in [2.24, 2.45) is 5.92 Å². The number of hydrogen-bond donors (Lipinski definition) is 2. The minimum absolute atomic E-state index is 0.160. The Labute approximate surface area is 169 Å². The lowest BCUT2D eigenvalue weighted by atomic mass is 9.99. The van der Waals surface area contributed by atoms with Crippen molar-refractivity contribution < 1.29 is 14.3 Å². The summed E-state index contributed by atoms with van der Waals surface area (Å²) in [4.78, 5) is 24.4. The zero-order chi connectivity index (χ0) is 20.1. The standard InChI is InChI=1S/C20H24N2O3S2/c1-6-25-19(24)16-15(14-8-7-12(4)13(5)9-14)10-27-18(16)22-20(26)21-17(23)11(2)3/h7-11H,6H2,1-5H3,(H2,21,22,23,26). The summed E-state index contributed by atoms with van der Waals surface area (Å²) in [5.74, 6) is -0.799. The van der Waals surface area contributed by atoms with Gasteiger partial charge >= 0.3 is 5.97 Å². The Morgan fingerprint density at radius 2 is 1.93 bits per heavy atom. The van der Waals surface area contributed by atoms with Crippen LogP contribution in [-0.4, -0.2) is 23.6 Å². The van der Waals surface area contributed by atoms with Gasteiger partial charge in [0.25, 0.3) is 0 Å². The fraction of sp³-hybridized carbons (Fsp3) is 0.350. The second kappa shape index (κ2) is 9.10. The van der Waals surface area contributed by atoms with Crippen LogP contribution in [0.1, 0.15) is 42.3 Å². The van der Waals surface area contributed by atoms with Gasteiger partial charge < -0.3 is 15.4 Å². The minimum Gasteiger partial charge on any atom is -0.462 e. The van der Waals surface area contributed by atoms with E-state index in [0.29, 0.717) is 10.6 Å². The van der Waals surface area contributed by atoms with Crippen molar-refractivity contribution in [1.29, 1.82) is 0 Å². The van der Waals surface area contributed by atoms with E-state index in [1.54, 1.807) is 20.8 Å². The molecule has 1 aromatic heterocycles. The molecule has 0 atom stereocenters. The highest BCUT2D eigenvalue weighted by atomic mass is 32.1. The van der Waals surface area contributed by atoms with Crippen LogP contribution in [0, 0.1) is 19.8 Å². The van der Waals surface area contributed by atoms with Crippen molar-refractivity contribution in [2.45, 2.75) is 34.6 Å². The lowest BCUT2D eigenvalue weighted by molar-refractivity contribution is -0.122. The average Bonchev–Trinajstić information content (AvgIpc) is 3.00. The monoisotopic (exact) mass is 404 g/mol. The topological polar surface area (TPSA) is 67.4 Å². The maximum absolute atomic E-state index is 12.6. The van der Waals surface area contributed by atoms with Gasteiger partial charge in [0.1, 0.15) is 10.6 Å². The number of nitrogens with one attached hydrogen (secondary N) is 2. The van der Waals surface area contributed by atoms with Crippen LogP contribution in [0.2, 0.25) is 0 Å². The molecular weight excluding hydrogens is 380 g/mol. The molecule has 0 aliphatic rings. The van der Waals surface area contributed by atoms with E-state index >= 15 is 0 Å². The fourth-order valence-electron chi connectivity index (χ4n) is 2.37. The van der Waals surface area contributed by atoms with Crippen LogP contribution in [0.4, 0.5) is 5.00 Å². The van der Waals surface area contributed by atoms with Gasteiger partial charge in [-0.05, 0) is 49.7 Å². The molecule has 0 saturated heterocycles. The quantitative estimate of drug-likeness (QED) is 0.560. The summed E-state index contributed by atoms with van der Waals surface area (Å²) < 4.78 is 5.24. The van der Waals surface area contributed by atoms with Crippen LogP contribution in [0.3, 0.4) is 0 Å². The number of thiophene rings is 1. The molecule has 5 nitrogen and oxygen atoms in total. The Balaban J connectivity index is 2.39. The van der Waals surface area contributed by atoms with E-state index in [1.165, 1.54) is 16.9 Å². The molecule has 0 spiro atoms. The van der Waals surface area contributed by atoms with Crippen LogP contribution < -0.4 is 10.6 Å². The molecule has 2 N–H and O–H groups in total. The number of rotatable bonds is 5. The molecule has 144 valence electrons. The van der Waals surface area contributed by atoms with Gasteiger partial charge in [-0.25, -0.2) is 4.79 Å². The molecule has 0 aliphatic heterocycles. The molecule has 7 heteroatoms. The van der Waals surface area contributed by atoms with Gasteiger partial charge in [0.2, 0.25) is 5.91 Å². The van der Waals surface area contributed by atoms with Crippen LogP contribution in [0.5, 0.6) is 0 Å². The Hall–Kier alpha value is -2.25. The van der Waals surface area contributed by atoms with Crippen molar-refractivity contribution in [3.8, 4) is 11.1 Å². The molecule has 2 aromatic rings. The number of anilines is 1. The molecule has 2 rings (SSSR count). The summed E-state index contributed by atoms with van der Waals surface area (Å²) in [6.45, 7) is 9.68. The Morgan fingerprint density at radius 1 is 1.22 bits per heavy atom. The summed E-state index contributed by atoms with van der Waals surface area (Å²) >= 11 is 6.57. The van der Waals surface area contributed by atoms with E-state index in [-0.39, 0.29) is 23.5 Å². The summed E-state index contributed by atoms with van der Waals surface area (Å²) in [7, 11) is 0. The Morgan fingerprint density at radius 3 is 2.52 bits per heavy atom. The summed E-state index contributed by atoms with van der Waals surface area (Å²) in [6, 6.07) is 6.05. The third kappa shape index (κ3) is 5.14. The third-order valence-corrected chi connectivity index (χ3v) is 5.18. The maximum atomic E-state index is 12.6. The van der Waals surface area contributed by atoms with E-state index in [4.69, 9.17) is 17.0 Å². The fourth-order valence-corrected chi connectivity index (χ4v) is 3.60. The van der Waals surface area contributed by atoms with Gasteiger partial charge in [0.15, 0.2) is 5.11 Å². The summed E-state index contributed by atoms with van der Waals surface area (Å²) in [5, 5.41) is 8.20. The molecule has 0 fully saturated rings. The Kier molecular flexibility index (Phi) is 7.10. The summed E-state index contributed by atoms with van der Waals surface area (Å²) in [6.07, 6.45) is 0. The van der Waals surface area contributed by atoms with E-state index in [1.807, 2.05) is 37.4 Å². The number of carbonyl (C=O) groups excluding carboxylic acids is 2. The number of aryl methyl sites for hydroxylation is 2. The zero-order valence-electron chi connectivity index (χ0n) is 16.1. The van der Waals surface area contributed by atoms with Gasteiger partial charge in [-0.3, -0.25) is 4.79 Å². The van der Waals surface area contributed by atoms with E-state index in [2.05, 4.69) is 10.6 Å². The van der Waals surface area contributed by atoms with Crippen molar-refractivity contribution in [3.63, 3.8) is 0 Å². The number of carbonyl (C=O) groups is 2. The zero-order valence-corrected chi connectivity index (χ0v) is 17.8. The summed E-state index contributed by atoms with van der Waals surface area (Å²) in [5.41, 5.74) is 4.46. The largest absolute Gasteiger partial charge is 0.462 e. The second-order valence-electron chi connectivity index (χ2n) is 6.47. The molecule has 0 saturated carbocycles. The number of amides is 1. The number of hydrogen-bond acceptors (Lipinski definition) is 5. The van der Waals surface area contributed by atoms with E-state index in [0.717, 1.165) is 16.7 Å². The smallest absolute Gasteiger partial charge is 0.341 e. The molecule has 1 heterocycles. The predicted molar refractivity (Wildman–Crippen MR) is 114 cm³/mol. The maximum Gasteiger partial charge on any atom is 0.341 e. The first kappa shape index (κ1) is 21.1. The number of esters is 1. The first-order valence-corrected chi connectivity index (χ1v) is 10.0. The van der Waals surface area contributed by atoms with Crippen LogP contribution in [-0.2, 0) is 9.53 Å². The number of thiocarbonyl (C=S) groups is 1. The van der Waals surface area contributed by atoms with E-state index in [9.17, 15) is 9.59 Å². The predicted octanol–water partition coefficient (Wildman–Crippen LogP) is 4.68. The first-order chi connectivity index (χ1) is 12.7.